The molecule has 1 aliphatic rings. The standard InChI is InChI=1S/C39H58Si4/c1-26-17-20-33(40(8,9)10)36(23-26)43(39-31(6)29(4)30(5)32(39)7,37-24-27(2)18-21-34(37)41(11,12)13)38-25-28(3)19-22-35(38)42(14,15)16/h17-25,39H,1-16H3. The van der Waals surface area contributed by atoms with Crippen LogP contribution in [0.3, 0.4) is 0 Å². The molecule has 0 unspecified atom stereocenters. The van der Waals surface area contributed by atoms with Crippen molar-refractivity contribution in [2.45, 2.75) is 113 Å². The third-order valence-electron chi connectivity index (χ3n) is 10.3. The maximum absolute atomic E-state index is 2.77. The molecular formula is C39H58Si4. The summed E-state index contributed by atoms with van der Waals surface area (Å²) in [6, 6.07) is 22.9. The lowest BCUT2D eigenvalue weighted by Crippen LogP contribution is -2.81. The normalized spacial score (nSPS) is 15.6. The van der Waals surface area contributed by atoms with E-state index in [-0.39, 0.29) is 0 Å². The van der Waals surface area contributed by atoms with Crippen molar-refractivity contribution in [1.29, 1.82) is 0 Å². The molecule has 0 aliphatic heterocycles. The number of hydrogen-bond acceptors (Lipinski definition) is 0. The highest BCUT2D eigenvalue weighted by Gasteiger charge is 2.54. The molecule has 0 atom stereocenters. The SMILES string of the molecule is CC1=C(C)C([Si](c2cc(C)ccc2[Si](C)(C)C)(c2cc(C)ccc2[Si](C)(C)C)c2cc(C)ccc2[Si](C)(C)C)C(C)=C1C. The molecule has 0 amide bonds. The van der Waals surface area contributed by atoms with Gasteiger partial charge < -0.3 is 0 Å². The van der Waals surface area contributed by atoms with Crippen LogP contribution < -0.4 is 31.1 Å². The minimum atomic E-state index is -2.77. The fourth-order valence-electron chi connectivity index (χ4n) is 7.82. The van der Waals surface area contributed by atoms with Gasteiger partial charge in [-0.2, -0.15) is 0 Å². The van der Waals surface area contributed by atoms with Crippen LogP contribution in [0.25, 0.3) is 0 Å². The van der Waals surface area contributed by atoms with Gasteiger partial charge in [0.25, 0.3) is 0 Å². The van der Waals surface area contributed by atoms with Crippen molar-refractivity contribution in [3.8, 4) is 0 Å². The molecule has 0 heterocycles. The second-order valence-electron chi connectivity index (χ2n) is 16.8. The topological polar surface area (TPSA) is 0 Å². The lowest BCUT2D eigenvalue weighted by atomic mass is 10.1. The Labute approximate surface area is 268 Å². The van der Waals surface area contributed by atoms with Crippen LogP contribution in [0.15, 0.2) is 76.9 Å². The highest BCUT2D eigenvalue weighted by molar-refractivity contribution is 7.20. The average Bonchev–Trinajstić information content (AvgIpc) is 3.06. The fraction of sp³-hybridized carbons (Fsp3) is 0.436. The zero-order valence-corrected chi connectivity index (χ0v) is 34.3. The van der Waals surface area contributed by atoms with Gasteiger partial charge in [-0.15, -0.1) is 0 Å². The third kappa shape index (κ3) is 5.90. The molecule has 43 heavy (non-hydrogen) atoms. The number of hydrogen-bond donors (Lipinski definition) is 0. The zero-order chi connectivity index (χ0) is 32.4. The summed E-state index contributed by atoms with van der Waals surface area (Å²) in [6.45, 7) is 39.9. The van der Waals surface area contributed by atoms with E-state index in [1.54, 1.807) is 42.3 Å². The summed E-state index contributed by atoms with van der Waals surface area (Å²) in [5, 5.41) is 10.1. The smallest absolute Gasteiger partial charge is 0.0656 e. The van der Waals surface area contributed by atoms with Gasteiger partial charge >= 0.3 is 0 Å². The molecule has 0 N–H and O–H groups in total. The lowest BCUT2D eigenvalue weighted by Gasteiger charge is -2.47. The van der Waals surface area contributed by atoms with Crippen molar-refractivity contribution >= 4 is 63.4 Å². The van der Waals surface area contributed by atoms with Crippen molar-refractivity contribution in [2.75, 3.05) is 0 Å². The van der Waals surface area contributed by atoms with Crippen molar-refractivity contribution in [3.05, 3.63) is 93.6 Å². The van der Waals surface area contributed by atoms with Crippen LogP contribution in [0.5, 0.6) is 0 Å². The fourth-order valence-corrected chi connectivity index (χ4v) is 23.8. The van der Waals surface area contributed by atoms with Crippen LogP contribution >= 0.6 is 0 Å². The summed E-state index contributed by atoms with van der Waals surface area (Å²) in [5.74, 6) is 0. The van der Waals surface area contributed by atoms with E-state index in [2.05, 4.69) is 162 Å². The van der Waals surface area contributed by atoms with E-state index in [0.29, 0.717) is 5.54 Å². The molecule has 4 rings (SSSR count). The number of benzene rings is 3. The van der Waals surface area contributed by atoms with Gasteiger partial charge in [0.1, 0.15) is 0 Å². The first-order chi connectivity index (χ1) is 19.6. The molecule has 3 aromatic rings. The Morgan fingerprint density at radius 2 is 0.628 bits per heavy atom. The maximum atomic E-state index is 2.68. The highest BCUT2D eigenvalue weighted by Crippen LogP contribution is 2.46. The third-order valence-corrected chi connectivity index (χ3v) is 22.7. The van der Waals surface area contributed by atoms with E-state index in [1.807, 2.05) is 0 Å². The second-order valence-corrected chi connectivity index (χ2v) is 35.7. The molecule has 0 saturated carbocycles. The Hall–Kier alpha value is -1.99. The second kappa shape index (κ2) is 11.4. The molecule has 0 spiro atoms. The molecule has 0 bridgehead atoms. The van der Waals surface area contributed by atoms with Crippen LogP contribution in [0.1, 0.15) is 44.4 Å². The van der Waals surface area contributed by atoms with Gasteiger partial charge in [0, 0.05) is 5.54 Å². The summed E-state index contributed by atoms with van der Waals surface area (Å²) < 4.78 is 0. The Kier molecular flexibility index (Phi) is 9.00. The maximum Gasteiger partial charge on any atom is 0.158 e. The van der Waals surface area contributed by atoms with Gasteiger partial charge in [-0.05, 0) is 75.2 Å². The van der Waals surface area contributed by atoms with Gasteiger partial charge in [0.15, 0.2) is 8.07 Å². The van der Waals surface area contributed by atoms with Gasteiger partial charge in [-0.1, -0.05) is 157 Å². The molecule has 0 saturated heterocycles. The molecule has 1 aliphatic carbocycles. The Morgan fingerprint density at radius 3 is 0.860 bits per heavy atom. The minimum Gasteiger partial charge on any atom is -0.0656 e. The first kappa shape index (κ1) is 33.9. The number of rotatable bonds is 7. The van der Waals surface area contributed by atoms with Gasteiger partial charge in [0.2, 0.25) is 0 Å². The molecule has 0 aromatic heterocycles. The largest absolute Gasteiger partial charge is 0.158 e. The van der Waals surface area contributed by atoms with Crippen LogP contribution in [-0.4, -0.2) is 32.3 Å². The van der Waals surface area contributed by atoms with E-state index in [4.69, 9.17) is 0 Å². The van der Waals surface area contributed by atoms with Crippen molar-refractivity contribution < 1.29 is 0 Å². The Morgan fingerprint density at radius 1 is 0.372 bits per heavy atom. The molecule has 0 radical (unpaired) electrons. The lowest BCUT2D eigenvalue weighted by molar-refractivity contribution is 1.09. The molecule has 4 heteroatoms. The quantitative estimate of drug-likeness (QED) is 0.183. The van der Waals surface area contributed by atoms with E-state index < -0.39 is 32.3 Å². The van der Waals surface area contributed by atoms with Crippen LogP contribution in [-0.2, 0) is 0 Å². The molecule has 230 valence electrons. The predicted octanol–water partition coefficient (Wildman–Crippen LogP) is 7.77. The summed E-state index contributed by atoms with van der Waals surface area (Å²) in [7, 11) is -7.97. The van der Waals surface area contributed by atoms with E-state index >= 15 is 0 Å². The average molecular weight is 639 g/mol. The van der Waals surface area contributed by atoms with E-state index in [9.17, 15) is 0 Å². The number of allylic oxidation sites excluding steroid dienone is 4. The van der Waals surface area contributed by atoms with Gasteiger partial charge in [0.05, 0.1) is 24.2 Å². The van der Waals surface area contributed by atoms with Crippen LogP contribution in [0.4, 0.5) is 0 Å². The molecule has 3 aromatic carbocycles. The Balaban J connectivity index is 2.51. The van der Waals surface area contributed by atoms with Crippen LogP contribution in [0.2, 0.25) is 64.5 Å². The van der Waals surface area contributed by atoms with E-state index in [1.165, 1.54) is 27.8 Å². The zero-order valence-electron chi connectivity index (χ0n) is 30.3. The van der Waals surface area contributed by atoms with Crippen molar-refractivity contribution in [1.82, 2.24) is 0 Å². The van der Waals surface area contributed by atoms with Crippen LogP contribution in [0, 0.1) is 20.8 Å². The van der Waals surface area contributed by atoms with Gasteiger partial charge in [-0.3, -0.25) is 0 Å². The minimum absolute atomic E-state index is 0.401. The van der Waals surface area contributed by atoms with E-state index in [0.717, 1.165) is 0 Å². The highest BCUT2D eigenvalue weighted by atomic mass is 28.3. The molecule has 0 fully saturated rings. The summed E-state index contributed by atoms with van der Waals surface area (Å²) in [5.41, 5.74) is 10.8. The summed E-state index contributed by atoms with van der Waals surface area (Å²) in [6.07, 6.45) is 0. The van der Waals surface area contributed by atoms with Crippen molar-refractivity contribution in [3.63, 3.8) is 0 Å². The van der Waals surface area contributed by atoms with Gasteiger partial charge in [-0.25, -0.2) is 0 Å². The van der Waals surface area contributed by atoms with Crippen molar-refractivity contribution in [2.24, 2.45) is 0 Å². The molecular weight excluding hydrogens is 581 g/mol. The molecule has 0 nitrogen and oxygen atoms in total. The Bertz CT molecular complexity index is 1450. The summed E-state index contributed by atoms with van der Waals surface area (Å²) >= 11 is 0. The predicted molar refractivity (Wildman–Crippen MR) is 208 cm³/mol. The number of aryl methyl sites for hydroxylation is 3. The first-order valence-corrected chi connectivity index (χ1v) is 28.9. The summed E-state index contributed by atoms with van der Waals surface area (Å²) in [4.78, 5) is 0. The monoisotopic (exact) mass is 638 g/mol. The first-order valence-electron chi connectivity index (χ1n) is 16.3.